The molecule has 1 aromatic heterocycles. The molecule has 0 spiro atoms. The molecular formula is C15H10ClN3. The van der Waals surface area contributed by atoms with Gasteiger partial charge in [-0.1, -0.05) is 12.1 Å². The number of nitrogens with zero attached hydrogens (tertiary/aromatic N) is 3. The van der Waals surface area contributed by atoms with Crippen LogP contribution in [0, 0.1) is 11.3 Å². The van der Waals surface area contributed by atoms with Gasteiger partial charge >= 0.3 is 0 Å². The van der Waals surface area contributed by atoms with Gasteiger partial charge in [0.1, 0.15) is 5.82 Å². The first-order valence-corrected chi connectivity index (χ1v) is 6.40. The number of halogens is 1. The molecule has 3 rings (SSSR count). The fourth-order valence-electron chi connectivity index (χ4n) is 2.14. The Morgan fingerprint density at radius 2 is 1.84 bits per heavy atom. The second-order valence-corrected chi connectivity index (χ2v) is 4.41. The first kappa shape index (κ1) is 11.8. The summed E-state index contributed by atoms with van der Waals surface area (Å²) in [5.74, 6) is 1.14. The van der Waals surface area contributed by atoms with Crippen molar-refractivity contribution in [3.63, 3.8) is 0 Å². The molecule has 0 radical (unpaired) electrons. The molecule has 0 saturated carbocycles. The van der Waals surface area contributed by atoms with Gasteiger partial charge in [0, 0.05) is 5.69 Å². The van der Waals surface area contributed by atoms with Crippen LogP contribution < -0.4 is 0 Å². The topological polar surface area (TPSA) is 41.6 Å². The summed E-state index contributed by atoms with van der Waals surface area (Å²) in [5, 5.41) is 8.84. The van der Waals surface area contributed by atoms with E-state index < -0.39 is 0 Å². The van der Waals surface area contributed by atoms with Crippen LogP contribution in [0.1, 0.15) is 11.4 Å². The van der Waals surface area contributed by atoms with E-state index in [2.05, 4.69) is 11.1 Å². The molecule has 0 aliphatic carbocycles. The molecule has 19 heavy (non-hydrogen) atoms. The van der Waals surface area contributed by atoms with Gasteiger partial charge in [0.05, 0.1) is 28.5 Å². The van der Waals surface area contributed by atoms with Gasteiger partial charge in [-0.3, -0.25) is 4.57 Å². The highest BCUT2D eigenvalue weighted by Crippen LogP contribution is 2.22. The monoisotopic (exact) mass is 267 g/mol. The second-order valence-electron chi connectivity index (χ2n) is 4.14. The molecule has 0 atom stereocenters. The molecule has 3 nitrogen and oxygen atoms in total. The molecule has 0 aliphatic rings. The molecule has 4 heteroatoms. The maximum absolute atomic E-state index is 8.84. The summed E-state index contributed by atoms with van der Waals surface area (Å²) in [6.45, 7) is 0. The lowest BCUT2D eigenvalue weighted by molar-refractivity contribution is 0.982. The Balaban J connectivity index is 2.25. The van der Waals surface area contributed by atoms with Crippen LogP contribution in [0.3, 0.4) is 0 Å². The molecule has 0 amide bonds. The van der Waals surface area contributed by atoms with Crippen LogP contribution in [-0.4, -0.2) is 9.55 Å². The number of aromatic nitrogens is 2. The largest absolute Gasteiger partial charge is 0.295 e. The summed E-state index contributed by atoms with van der Waals surface area (Å²) in [7, 11) is 0. The van der Waals surface area contributed by atoms with Gasteiger partial charge in [-0.05, 0) is 36.4 Å². The number of fused-ring (bicyclic) bond motifs is 1. The standard InChI is InChI=1S/C15H10ClN3/c16-9-15-18-13-3-1-2-4-14(13)19(15)12-7-5-11(10-17)6-8-12/h1-8H,9H2. The van der Waals surface area contributed by atoms with Crippen LogP contribution >= 0.6 is 11.6 Å². The van der Waals surface area contributed by atoms with Crippen LogP contribution in [0.4, 0.5) is 0 Å². The molecule has 0 unspecified atom stereocenters. The van der Waals surface area contributed by atoms with Crippen LogP contribution in [0.2, 0.25) is 0 Å². The Morgan fingerprint density at radius 1 is 1.11 bits per heavy atom. The molecule has 0 saturated heterocycles. The molecule has 2 aromatic carbocycles. The zero-order valence-corrected chi connectivity index (χ0v) is 10.8. The van der Waals surface area contributed by atoms with E-state index in [-0.39, 0.29) is 0 Å². The number of alkyl halides is 1. The third kappa shape index (κ3) is 1.96. The lowest BCUT2D eigenvalue weighted by Crippen LogP contribution is -1.99. The van der Waals surface area contributed by atoms with Crippen LogP contribution in [0.5, 0.6) is 0 Å². The van der Waals surface area contributed by atoms with E-state index >= 15 is 0 Å². The summed E-state index contributed by atoms with van der Waals surface area (Å²) in [5.41, 5.74) is 3.54. The highest BCUT2D eigenvalue weighted by atomic mass is 35.5. The number of hydrogen-bond acceptors (Lipinski definition) is 2. The number of benzene rings is 2. The first-order valence-electron chi connectivity index (χ1n) is 5.86. The van der Waals surface area contributed by atoms with Crippen LogP contribution in [0.25, 0.3) is 16.7 Å². The minimum absolute atomic E-state index is 0.342. The van der Waals surface area contributed by atoms with E-state index in [1.807, 2.05) is 41.0 Å². The minimum atomic E-state index is 0.342. The average Bonchev–Trinajstić information content (AvgIpc) is 2.86. The van der Waals surface area contributed by atoms with Gasteiger partial charge in [-0.15, -0.1) is 11.6 Å². The van der Waals surface area contributed by atoms with Gasteiger partial charge in [0.15, 0.2) is 0 Å². The van der Waals surface area contributed by atoms with Crippen molar-refractivity contribution >= 4 is 22.6 Å². The van der Waals surface area contributed by atoms with Crippen molar-refractivity contribution in [1.82, 2.24) is 9.55 Å². The molecule has 0 fully saturated rings. The third-order valence-corrected chi connectivity index (χ3v) is 3.24. The molecule has 0 N–H and O–H groups in total. The number of nitriles is 1. The van der Waals surface area contributed by atoms with E-state index in [0.717, 1.165) is 22.5 Å². The smallest absolute Gasteiger partial charge is 0.129 e. The summed E-state index contributed by atoms with van der Waals surface area (Å²) in [4.78, 5) is 4.52. The molecule has 3 aromatic rings. The van der Waals surface area contributed by atoms with Crippen molar-refractivity contribution in [2.75, 3.05) is 0 Å². The van der Waals surface area contributed by atoms with Crippen LogP contribution in [-0.2, 0) is 5.88 Å². The second kappa shape index (κ2) is 4.75. The highest BCUT2D eigenvalue weighted by molar-refractivity contribution is 6.17. The lowest BCUT2D eigenvalue weighted by atomic mass is 10.2. The van der Waals surface area contributed by atoms with Gasteiger partial charge < -0.3 is 0 Å². The quantitative estimate of drug-likeness (QED) is 0.665. The average molecular weight is 268 g/mol. The Morgan fingerprint density at radius 3 is 2.53 bits per heavy atom. The summed E-state index contributed by atoms with van der Waals surface area (Å²) < 4.78 is 2.02. The Bertz CT molecular complexity index is 766. The van der Waals surface area contributed by atoms with Crippen molar-refractivity contribution < 1.29 is 0 Å². The number of hydrogen-bond donors (Lipinski definition) is 0. The molecule has 0 bridgehead atoms. The van der Waals surface area contributed by atoms with Gasteiger partial charge in [-0.2, -0.15) is 5.26 Å². The molecular weight excluding hydrogens is 258 g/mol. The zero-order chi connectivity index (χ0) is 13.2. The maximum atomic E-state index is 8.84. The van der Waals surface area contributed by atoms with E-state index in [9.17, 15) is 0 Å². The van der Waals surface area contributed by atoms with E-state index in [4.69, 9.17) is 16.9 Å². The summed E-state index contributed by atoms with van der Waals surface area (Å²) in [6.07, 6.45) is 0. The SMILES string of the molecule is N#Cc1ccc(-n2c(CCl)nc3ccccc32)cc1. The van der Waals surface area contributed by atoms with Crippen molar-refractivity contribution in [2.24, 2.45) is 0 Å². The zero-order valence-electron chi connectivity index (χ0n) is 10.0. The van der Waals surface area contributed by atoms with E-state index in [0.29, 0.717) is 11.4 Å². The van der Waals surface area contributed by atoms with Gasteiger partial charge in [0.2, 0.25) is 0 Å². The Kier molecular flexibility index (Phi) is 2.94. The van der Waals surface area contributed by atoms with Gasteiger partial charge in [0.25, 0.3) is 0 Å². The van der Waals surface area contributed by atoms with Crippen molar-refractivity contribution in [3.05, 3.63) is 59.9 Å². The van der Waals surface area contributed by atoms with Gasteiger partial charge in [-0.25, -0.2) is 4.98 Å². The minimum Gasteiger partial charge on any atom is -0.295 e. The van der Waals surface area contributed by atoms with Crippen LogP contribution in [0.15, 0.2) is 48.5 Å². The molecule has 92 valence electrons. The molecule has 0 aliphatic heterocycles. The van der Waals surface area contributed by atoms with Crippen molar-refractivity contribution in [2.45, 2.75) is 5.88 Å². The van der Waals surface area contributed by atoms with Crippen molar-refractivity contribution in [1.29, 1.82) is 5.26 Å². The van der Waals surface area contributed by atoms with E-state index in [1.165, 1.54) is 0 Å². The maximum Gasteiger partial charge on any atom is 0.129 e. The highest BCUT2D eigenvalue weighted by Gasteiger charge is 2.10. The van der Waals surface area contributed by atoms with E-state index in [1.54, 1.807) is 12.1 Å². The first-order chi connectivity index (χ1) is 9.33. The fraction of sp³-hybridized carbons (Fsp3) is 0.0667. The predicted molar refractivity (Wildman–Crippen MR) is 75.3 cm³/mol. The Labute approximate surface area is 115 Å². The number of rotatable bonds is 2. The summed E-state index contributed by atoms with van der Waals surface area (Å²) >= 11 is 5.98. The Hall–Kier alpha value is -2.31. The third-order valence-electron chi connectivity index (χ3n) is 3.00. The van der Waals surface area contributed by atoms with Crippen molar-refractivity contribution in [3.8, 4) is 11.8 Å². The summed E-state index contributed by atoms with van der Waals surface area (Å²) in [6, 6.07) is 17.4. The lowest BCUT2D eigenvalue weighted by Gasteiger charge is -2.07. The predicted octanol–water partition coefficient (Wildman–Crippen LogP) is 3.64. The fourth-order valence-corrected chi connectivity index (χ4v) is 2.32. The number of para-hydroxylation sites is 2. The number of imidazole rings is 1. The normalized spacial score (nSPS) is 10.5. The molecule has 1 heterocycles.